The molecule has 4 aromatic carbocycles. The molecular weight excluding hydrogens is 1170 g/mol. The van der Waals surface area contributed by atoms with Crippen LogP contribution < -0.4 is 4.90 Å². The van der Waals surface area contributed by atoms with Crippen molar-refractivity contribution in [1.29, 1.82) is 0 Å². The summed E-state index contributed by atoms with van der Waals surface area (Å²) in [6.07, 6.45) is 7.26. The Balaban J connectivity index is 1.25. The third kappa shape index (κ3) is 11.9. The molecule has 1 atom stereocenters. The fourth-order valence-electron chi connectivity index (χ4n) is 11.1. The van der Waals surface area contributed by atoms with Crippen LogP contribution >= 0.6 is 11.6 Å². The Morgan fingerprint density at radius 3 is 1.84 bits per heavy atom. The van der Waals surface area contributed by atoms with Gasteiger partial charge in [-0.05, 0) is 128 Å². The van der Waals surface area contributed by atoms with Crippen molar-refractivity contribution in [2.45, 2.75) is 109 Å². The number of carbonyl (C=O) groups excluding carboxylic acids is 3. The molecule has 0 spiro atoms. The van der Waals surface area contributed by atoms with Crippen LogP contribution in [0.5, 0.6) is 0 Å². The molecule has 1 fully saturated rings. The van der Waals surface area contributed by atoms with Gasteiger partial charge in [0.1, 0.15) is 47.0 Å². The number of ether oxygens (including phenoxy) is 1. The summed E-state index contributed by atoms with van der Waals surface area (Å²) in [4.78, 5) is 40.2. The van der Waals surface area contributed by atoms with Gasteiger partial charge >= 0.3 is 5.97 Å². The monoisotopic (exact) mass is 1220 g/mol. The highest BCUT2D eigenvalue weighted by atomic mass is 35.5. The second kappa shape index (κ2) is 21.9. The lowest BCUT2D eigenvalue weighted by Gasteiger charge is -2.31. The van der Waals surface area contributed by atoms with Gasteiger partial charge in [-0.25, -0.2) is 46.9 Å². The number of amides is 2. The standard InChI is InChI=1S/C51H54ClN3O20S5/c1-50(2)42(53(22-6-10-46(58)75-55-44(56)19-20-45(55)57)38-15-13-34-36(47(38)50)26-32(77(62,63)64)28-40(34)79(68,69)70)17-11-30-8-5-9-31(49(30)52)12-18-43-51(3,21-7-25-76(59,60)61)48-37-27-33(78(65,66)67)29-41(80(71,72)73)35(37)14-16-39(48)54(43)23-24-74-4/h11-18,26-29H,5-10,19-25H2,1-4H3,(H4-,59,60,61,62,63,64,65,66,67,68,69,70,71,72,73)/p-4. The summed E-state index contributed by atoms with van der Waals surface area (Å²) in [6.45, 7) is 5.31. The van der Waals surface area contributed by atoms with E-state index in [9.17, 15) is 79.2 Å². The summed E-state index contributed by atoms with van der Waals surface area (Å²) < 4.78 is 193. The van der Waals surface area contributed by atoms with E-state index in [-0.39, 0.29) is 90.4 Å². The summed E-state index contributed by atoms with van der Waals surface area (Å²) in [5.74, 6) is -3.09. The number of halogens is 1. The summed E-state index contributed by atoms with van der Waals surface area (Å²) in [5.41, 5.74) is 0.764. The zero-order chi connectivity index (χ0) is 58.9. The molecule has 8 rings (SSSR count). The minimum atomic E-state index is -5.41. The van der Waals surface area contributed by atoms with Crippen LogP contribution in [0.25, 0.3) is 21.5 Å². The van der Waals surface area contributed by atoms with E-state index in [1.54, 1.807) is 54.6 Å². The fourth-order valence-corrected chi connectivity index (χ4v) is 14.6. The largest absolute Gasteiger partial charge is 0.748 e. The SMILES string of the molecule is COCCN1/C(=C/C=C2\CCCC(/C=C/C3=[N+](CCCC(=O)ON4C(=O)CCC4=O)c4ccc5c(S(=O)(=O)[O-])cc(S(=O)(=O)[O-])cc5c4C3(C)C)=C2Cl)C(C)(CCCS(=O)(=O)[O-])c2c1ccc1c(S(=O)(=O)[O-])cc(S(=O)(=O)[O-])cc21. The molecule has 2 amide bonds. The van der Waals surface area contributed by atoms with E-state index < -0.39 is 105 Å². The Kier molecular flexibility index (Phi) is 16.5. The molecule has 3 aliphatic heterocycles. The quantitative estimate of drug-likeness (QED) is 0.0664. The maximum atomic E-state index is 13.0. The lowest BCUT2D eigenvalue weighted by atomic mass is 9.75. The molecule has 1 aliphatic carbocycles. The number of carbonyl (C=O) groups is 3. The number of allylic oxidation sites excluding steroid dienone is 8. The second-order valence-electron chi connectivity index (χ2n) is 20.2. The van der Waals surface area contributed by atoms with Gasteiger partial charge in [0.2, 0.25) is 5.69 Å². The highest BCUT2D eigenvalue weighted by molar-refractivity contribution is 7.87. The van der Waals surface area contributed by atoms with Crippen LogP contribution in [0.4, 0.5) is 11.4 Å². The first-order valence-corrected chi connectivity index (χ1v) is 32.1. The molecule has 430 valence electrons. The van der Waals surface area contributed by atoms with E-state index in [1.807, 2.05) is 0 Å². The highest BCUT2D eigenvalue weighted by Crippen LogP contribution is 2.54. The molecule has 80 heavy (non-hydrogen) atoms. The molecule has 1 unspecified atom stereocenters. The normalized spacial score (nSPS) is 20.2. The Hall–Kier alpha value is -5.76. The van der Waals surface area contributed by atoms with Gasteiger partial charge < -0.3 is 37.2 Å². The van der Waals surface area contributed by atoms with Crippen molar-refractivity contribution in [2.75, 3.05) is 37.5 Å². The average Bonchev–Trinajstić information content (AvgIpc) is 3.91. The number of hydrogen-bond acceptors (Lipinski definition) is 21. The molecule has 4 aromatic rings. The zero-order valence-corrected chi connectivity index (χ0v) is 47.9. The highest BCUT2D eigenvalue weighted by Gasteiger charge is 2.47. The van der Waals surface area contributed by atoms with Gasteiger partial charge in [-0.3, -0.25) is 9.59 Å². The molecular formula is C51H50ClN3O20S5-4. The van der Waals surface area contributed by atoms with Crippen LogP contribution in [0.2, 0.25) is 0 Å². The van der Waals surface area contributed by atoms with E-state index in [0.717, 1.165) is 12.1 Å². The van der Waals surface area contributed by atoms with Crippen LogP contribution in [-0.2, 0) is 85.4 Å². The number of methoxy groups -OCH3 is 1. The minimum Gasteiger partial charge on any atom is -0.748 e. The van der Waals surface area contributed by atoms with Crippen LogP contribution in [-0.4, -0.2) is 131 Å². The number of anilines is 1. The maximum absolute atomic E-state index is 13.0. The first kappa shape index (κ1) is 60.3. The number of hydrogen-bond donors (Lipinski definition) is 0. The number of fused-ring (bicyclic) bond motifs is 6. The minimum absolute atomic E-state index is 0.0230. The van der Waals surface area contributed by atoms with E-state index in [4.69, 9.17) is 21.2 Å². The lowest BCUT2D eigenvalue weighted by Crippen LogP contribution is -2.32. The summed E-state index contributed by atoms with van der Waals surface area (Å²) in [6, 6.07) is 8.51. The molecule has 0 N–H and O–H groups in total. The molecule has 4 aliphatic rings. The van der Waals surface area contributed by atoms with Crippen molar-refractivity contribution in [1.82, 2.24) is 5.06 Å². The van der Waals surface area contributed by atoms with Crippen molar-refractivity contribution in [2.24, 2.45) is 0 Å². The smallest absolute Gasteiger partial charge is 0.333 e. The van der Waals surface area contributed by atoms with Crippen molar-refractivity contribution < 1.29 is 93.4 Å². The van der Waals surface area contributed by atoms with Crippen LogP contribution in [0, 0.1) is 0 Å². The number of rotatable bonds is 19. The Labute approximate surface area is 466 Å². The number of hydroxylamine groups is 2. The predicted molar refractivity (Wildman–Crippen MR) is 281 cm³/mol. The first-order valence-electron chi connectivity index (χ1n) is 24.5. The van der Waals surface area contributed by atoms with E-state index in [2.05, 4.69) is 0 Å². The molecule has 0 saturated carbocycles. The molecule has 0 radical (unpaired) electrons. The summed E-state index contributed by atoms with van der Waals surface area (Å²) >= 11 is 7.26. The van der Waals surface area contributed by atoms with Crippen molar-refractivity contribution in [3.05, 3.63) is 106 Å². The number of nitrogens with zero attached hydrogens (tertiary/aromatic N) is 3. The van der Waals surface area contributed by atoms with Crippen LogP contribution in [0.1, 0.15) is 89.7 Å². The summed E-state index contributed by atoms with van der Waals surface area (Å²) in [5, 5.41) is 0.152. The Bertz CT molecular complexity index is 4100. The average molecular weight is 1220 g/mol. The van der Waals surface area contributed by atoms with Gasteiger partial charge in [0.15, 0.2) is 5.71 Å². The van der Waals surface area contributed by atoms with Crippen LogP contribution in [0.3, 0.4) is 0 Å². The van der Waals surface area contributed by atoms with Crippen LogP contribution in [0.15, 0.2) is 114 Å². The van der Waals surface area contributed by atoms with E-state index in [1.165, 1.54) is 31.4 Å². The van der Waals surface area contributed by atoms with Gasteiger partial charge in [0.05, 0.1) is 48.1 Å². The second-order valence-corrected chi connectivity index (χ2v) is 27.5. The van der Waals surface area contributed by atoms with Crippen molar-refractivity contribution in [3.63, 3.8) is 0 Å². The van der Waals surface area contributed by atoms with Gasteiger partial charge in [0, 0.05) is 83.6 Å². The summed E-state index contributed by atoms with van der Waals surface area (Å²) in [7, 11) is -24.8. The maximum Gasteiger partial charge on any atom is 0.333 e. The molecule has 3 heterocycles. The molecule has 1 saturated heterocycles. The number of benzene rings is 4. The predicted octanol–water partition coefficient (Wildman–Crippen LogP) is 5.17. The first-order chi connectivity index (χ1) is 37.1. The van der Waals surface area contributed by atoms with Crippen molar-refractivity contribution in [3.8, 4) is 0 Å². The Morgan fingerprint density at radius 2 is 1.29 bits per heavy atom. The molecule has 0 aromatic heterocycles. The molecule has 23 nitrogen and oxygen atoms in total. The van der Waals surface area contributed by atoms with Gasteiger partial charge in [0.25, 0.3) is 11.8 Å². The fraction of sp³-hybridized carbons (Fsp3) is 0.373. The lowest BCUT2D eigenvalue weighted by molar-refractivity contribution is -0.438. The van der Waals surface area contributed by atoms with E-state index in [0.29, 0.717) is 76.0 Å². The third-order valence-electron chi connectivity index (χ3n) is 14.7. The zero-order valence-electron chi connectivity index (χ0n) is 43.0. The van der Waals surface area contributed by atoms with E-state index >= 15 is 0 Å². The third-order valence-corrected chi connectivity index (χ3v) is 19.3. The molecule has 0 bridgehead atoms. The number of imide groups is 1. The van der Waals surface area contributed by atoms with Gasteiger partial charge in [-0.2, -0.15) is 4.58 Å². The van der Waals surface area contributed by atoms with Gasteiger partial charge in [-0.15, -0.1) is 5.06 Å². The topological polar surface area (TPSA) is 365 Å². The molecule has 29 heteroatoms. The Morgan fingerprint density at radius 1 is 0.713 bits per heavy atom. The van der Waals surface area contributed by atoms with Gasteiger partial charge in [-0.1, -0.05) is 29.8 Å². The van der Waals surface area contributed by atoms with Crippen molar-refractivity contribution >= 4 is 119 Å².